The topological polar surface area (TPSA) is 61.4 Å². The lowest BCUT2D eigenvalue weighted by atomic mass is 9.96. The van der Waals surface area contributed by atoms with E-state index < -0.39 is 0 Å². The Labute approximate surface area is 175 Å². The number of nitrogens with zero attached hydrogens (tertiary/aromatic N) is 1. The predicted molar refractivity (Wildman–Crippen MR) is 115 cm³/mol. The van der Waals surface area contributed by atoms with Gasteiger partial charge in [0.1, 0.15) is 0 Å². The maximum Gasteiger partial charge on any atom is 0.254 e. The molecule has 5 nitrogen and oxygen atoms in total. The lowest BCUT2D eigenvalue weighted by Crippen LogP contribution is -2.36. The van der Waals surface area contributed by atoms with Crippen molar-refractivity contribution in [1.82, 2.24) is 10.2 Å². The Morgan fingerprint density at radius 3 is 2.79 bits per heavy atom. The molecule has 3 heterocycles. The third-order valence-corrected chi connectivity index (χ3v) is 6.65. The van der Waals surface area contributed by atoms with Crippen LogP contribution in [-0.2, 0) is 17.8 Å². The number of benzene rings is 1. The summed E-state index contributed by atoms with van der Waals surface area (Å²) < 4.78 is 0. The van der Waals surface area contributed by atoms with Gasteiger partial charge in [-0.3, -0.25) is 9.59 Å². The summed E-state index contributed by atoms with van der Waals surface area (Å²) in [6, 6.07) is 7.72. The zero-order chi connectivity index (χ0) is 18.8. The van der Waals surface area contributed by atoms with Gasteiger partial charge in [0.15, 0.2) is 0 Å². The highest BCUT2D eigenvalue weighted by molar-refractivity contribution is 7.10. The highest BCUT2D eigenvalue weighted by atomic mass is 35.5. The van der Waals surface area contributed by atoms with Gasteiger partial charge in [-0.05, 0) is 74.0 Å². The molecule has 0 aliphatic carbocycles. The number of piperidine rings is 1. The van der Waals surface area contributed by atoms with Crippen LogP contribution in [0.3, 0.4) is 0 Å². The summed E-state index contributed by atoms with van der Waals surface area (Å²) in [5, 5.41) is 8.43. The minimum Gasteiger partial charge on any atom is -0.334 e. The van der Waals surface area contributed by atoms with E-state index in [1.165, 1.54) is 10.4 Å². The van der Waals surface area contributed by atoms with Gasteiger partial charge in [-0.25, -0.2) is 0 Å². The molecule has 2 N–H and O–H groups in total. The second-order valence-corrected chi connectivity index (χ2v) is 8.34. The fourth-order valence-electron chi connectivity index (χ4n) is 3.91. The fourth-order valence-corrected chi connectivity index (χ4v) is 4.80. The summed E-state index contributed by atoms with van der Waals surface area (Å²) in [7, 11) is 0. The number of anilines is 1. The molecule has 2 aliphatic heterocycles. The SMILES string of the molecule is Cc1c(NC(=O)C2CCNCC2)cccc1C(=O)N1CCc2sccc2C1.Cl. The van der Waals surface area contributed by atoms with Crippen LogP contribution >= 0.6 is 23.7 Å². The van der Waals surface area contributed by atoms with Crippen LogP contribution in [-0.4, -0.2) is 36.3 Å². The molecule has 0 spiro atoms. The Kier molecular flexibility index (Phi) is 6.75. The molecule has 0 saturated carbocycles. The van der Waals surface area contributed by atoms with Gasteiger partial charge in [0.25, 0.3) is 5.91 Å². The molecule has 0 atom stereocenters. The van der Waals surface area contributed by atoms with E-state index in [1.807, 2.05) is 30.0 Å². The van der Waals surface area contributed by atoms with E-state index >= 15 is 0 Å². The van der Waals surface area contributed by atoms with Gasteiger partial charge in [-0.2, -0.15) is 0 Å². The summed E-state index contributed by atoms with van der Waals surface area (Å²) in [6.07, 6.45) is 2.64. The van der Waals surface area contributed by atoms with Crippen LogP contribution in [0.4, 0.5) is 5.69 Å². The van der Waals surface area contributed by atoms with Gasteiger partial charge in [0.2, 0.25) is 5.91 Å². The Morgan fingerprint density at radius 2 is 2.00 bits per heavy atom. The number of hydrogen-bond donors (Lipinski definition) is 2. The van der Waals surface area contributed by atoms with E-state index in [-0.39, 0.29) is 30.1 Å². The van der Waals surface area contributed by atoms with Crippen molar-refractivity contribution in [1.29, 1.82) is 0 Å². The molecule has 1 aromatic carbocycles. The van der Waals surface area contributed by atoms with Gasteiger partial charge in [-0.1, -0.05) is 6.07 Å². The number of amides is 2. The first-order chi connectivity index (χ1) is 13.1. The quantitative estimate of drug-likeness (QED) is 0.798. The maximum absolute atomic E-state index is 13.1. The summed E-state index contributed by atoms with van der Waals surface area (Å²) in [6.45, 7) is 5.11. The average molecular weight is 420 g/mol. The van der Waals surface area contributed by atoms with Crippen LogP contribution in [0.2, 0.25) is 0 Å². The zero-order valence-electron chi connectivity index (χ0n) is 16.0. The molecule has 150 valence electrons. The second kappa shape index (κ2) is 9.07. The smallest absolute Gasteiger partial charge is 0.254 e. The van der Waals surface area contributed by atoms with Crippen molar-refractivity contribution in [2.24, 2.45) is 5.92 Å². The zero-order valence-corrected chi connectivity index (χ0v) is 17.6. The van der Waals surface area contributed by atoms with Gasteiger partial charge < -0.3 is 15.5 Å². The van der Waals surface area contributed by atoms with Gasteiger partial charge in [0, 0.05) is 35.1 Å². The van der Waals surface area contributed by atoms with Crippen LogP contribution in [0.5, 0.6) is 0 Å². The summed E-state index contributed by atoms with van der Waals surface area (Å²) in [4.78, 5) is 29.0. The molecular weight excluding hydrogens is 394 g/mol. The molecule has 2 aliphatic rings. The van der Waals surface area contributed by atoms with E-state index in [9.17, 15) is 9.59 Å². The van der Waals surface area contributed by atoms with Crippen LogP contribution in [0.25, 0.3) is 0 Å². The Balaban J connectivity index is 0.00000225. The molecule has 4 rings (SSSR count). The van der Waals surface area contributed by atoms with Crippen molar-refractivity contribution in [3.05, 3.63) is 51.2 Å². The monoisotopic (exact) mass is 419 g/mol. The van der Waals surface area contributed by atoms with E-state index in [1.54, 1.807) is 11.3 Å². The predicted octanol–water partition coefficient (Wildman–Crippen LogP) is 3.61. The molecular formula is C21H26ClN3O2S. The number of carbonyl (C=O) groups is 2. The average Bonchev–Trinajstić information content (AvgIpc) is 3.17. The number of hydrogen-bond acceptors (Lipinski definition) is 4. The first-order valence-corrected chi connectivity index (χ1v) is 10.5. The third kappa shape index (κ3) is 4.24. The Bertz CT molecular complexity index is 861. The van der Waals surface area contributed by atoms with Gasteiger partial charge in [-0.15, -0.1) is 23.7 Å². The summed E-state index contributed by atoms with van der Waals surface area (Å²) in [5.41, 5.74) is 3.53. The van der Waals surface area contributed by atoms with Gasteiger partial charge >= 0.3 is 0 Å². The van der Waals surface area contributed by atoms with Crippen molar-refractivity contribution < 1.29 is 9.59 Å². The number of carbonyl (C=O) groups excluding carboxylic acids is 2. The molecule has 0 radical (unpaired) electrons. The summed E-state index contributed by atoms with van der Waals surface area (Å²) >= 11 is 1.77. The minimum absolute atomic E-state index is 0. The fraction of sp³-hybridized carbons (Fsp3) is 0.429. The number of thiophene rings is 1. The van der Waals surface area contributed by atoms with Crippen LogP contribution in [0.1, 0.15) is 39.2 Å². The normalized spacial score (nSPS) is 16.8. The maximum atomic E-state index is 13.1. The Morgan fingerprint density at radius 1 is 1.21 bits per heavy atom. The van der Waals surface area contributed by atoms with Crippen LogP contribution < -0.4 is 10.6 Å². The van der Waals surface area contributed by atoms with Crippen molar-refractivity contribution in [2.75, 3.05) is 25.0 Å². The van der Waals surface area contributed by atoms with Crippen molar-refractivity contribution in [3.8, 4) is 0 Å². The lowest BCUT2D eigenvalue weighted by Gasteiger charge is -2.28. The molecule has 0 bridgehead atoms. The molecule has 2 aromatic rings. The lowest BCUT2D eigenvalue weighted by molar-refractivity contribution is -0.120. The van der Waals surface area contributed by atoms with Crippen molar-refractivity contribution >= 4 is 41.2 Å². The molecule has 0 unspecified atom stereocenters. The van der Waals surface area contributed by atoms with Crippen LogP contribution in [0.15, 0.2) is 29.6 Å². The molecule has 2 amide bonds. The first kappa shape index (κ1) is 20.8. The molecule has 28 heavy (non-hydrogen) atoms. The van der Waals surface area contributed by atoms with E-state index in [2.05, 4.69) is 22.1 Å². The first-order valence-electron chi connectivity index (χ1n) is 9.59. The standard InChI is InChI=1S/C21H25N3O2S.ClH/c1-14-17(21(26)24-11-7-19-16(13-24)8-12-27-19)3-2-4-18(14)23-20(25)15-5-9-22-10-6-15;/h2-4,8,12,15,22H,5-7,9-11,13H2,1H3,(H,23,25);1H. The van der Waals surface area contributed by atoms with E-state index in [0.717, 1.165) is 50.1 Å². The highest BCUT2D eigenvalue weighted by Crippen LogP contribution is 2.27. The number of rotatable bonds is 3. The minimum atomic E-state index is 0. The van der Waals surface area contributed by atoms with Crippen molar-refractivity contribution in [2.45, 2.75) is 32.7 Å². The van der Waals surface area contributed by atoms with Crippen molar-refractivity contribution in [3.63, 3.8) is 0 Å². The second-order valence-electron chi connectivity index (χ2n) is 7.34. The van der Waals surface area contributed by atoms with E-state index in [0.29, 0.717) is 12.1 Å². The number of fused-ring (bicyclic) bond motifs is 1. The Hall–Kier alpha value is -1.89. The van der Waals surface area contributed by atoms with Crippen LogP contribution in [0, 0.1) is 12.8 Å². The molecule has 1 aromatic heterocycles. The molecule has 1 fully saturated rings. The van der Waals surface area contributed by atoms with E-state index in [4.69, 9.17) is 0 Å². The third-order valence-electron chi connectivity index (χ3n) is 5.63. The number of nitrogens with one attached hydrogen (secondary N) is 2. The molecule has 1 saturated heterocycles. The summed E-state index contributed by atoms with van der Waals surface area (Å²) in [5.74, 6) is 0.150. The highest BCUT2D eigenvalue weighted by Gasteiger charge is 2.25. The van der Waals surface area contributed by atoms with Gasteiger partial charge in [0.05, 0.1) is 0 Å². The largest absolute Gasteiger partial charge is 0.334 e. The molecule has 7 heteroatoms. The number of halogens is 1.